The maximum atomic E-state index is 11.8. The second kappa shape index (κ2) is 5.40. The molecule has 0 spiro atoms. The van der Waals surface area contributed by atoms with Crippen LogP contribution in [0.2, 0.25) is 0 Å². The molecular formula is C13H12N2O4. The van der Waals surface area contributed by atoms with Crippen molar-refractivity contribution in [2.24, 2.45) is 0 Å². The Morgan fingerprint density at radius 2 is 2.05 bits per heavy atom. The number of benzene rings is 1. The molecule has 1 aromatic carbocycles. The fourth-order valence-electron chi connectivity index (χ4n) is 2.01. The molecule has 1 aliphatic rings. The molecule has 19 heavy (non-hydrogen) atoms. The molecule has 2 atom stereocenters. The minimum absolute atomic E-state index is 0.0339. The van der Waals surface area contributed by atoms with Crippen LogP contribution in [0.3, 0.4) is 0 Å². The molecule has 0 aromatic heterocycles. The summed E-state index contributed by atoms with van der Waals surface area (Å²) in [4.78, 5) is 23.7. The van der Waals surface area contributed by atoms with Crippen molar-refractivity contribution in [1.29, 1.82) is 5.26 Å². The fraction of sp³-hybridized carbons (Fsp3) is 0.308. The predicted octanol–water partition coefficient (Wildman–Crippen LogP) is 1.49. The summed E-state index contributed by atoms with van der Waals surface area (Å²) in [6.45, 7) is 0.0339. The number of hydrogen-bond acceptors (Lipinski definition) is 4. The van der Waals surface area contributed by atoms with Crippen molar-refractivity contribution in [3.8, 4) is 6.07 Å². The average Bonchev–Trinajstić information content (AvgIpc) is 2.83. The minimum Gasteiger partial charge on any atom is -0.465 e. The number of rotatable bonds is 2. The van der Waals surface area contributed by atoms with E-state index in [0.717, 1.165) is 4.90 Å². The molecule has 1 aromatic rings. The molecule has 6 heteroatoms. The van der Waals surface area contributed by atoms with Gasteiger partial charge in [0.2, 0.25) is 0 Å². The molecule has 0 radical (unpaired) electrons. The standard InChI is InChI=1S/C13H12N2O4/c14-7-10-6-11(8-15(10)13(17)18)19-12(16)9-4-2-1-3-5-9/h1-5,10-11H,6,8H2,(H,17,18)/t10-,11+/m0/s1. The van der Waals surface area contributed by atoms with Gasteiger partial charge in [-0.3, -0.25) is 4.90 Å². The molecule has 1 fully saturated rings. The summed E-state index contributed by atoms with van der Waals surface area (Å²) < 4.78 is 5.21. The summed E-state index contributed by atoms with van der Waals surface area (Å²) in [5.74, 6) is -0.505. The SMILES string of the molecule is N#C[C@@H]1C[C@@H](OC(=O)c2ccccc2)CN1C(=O)O. The maximum absolute atomic E-state index is 11.8. The lowest BCUT2D eigenvalue weighted by molar-refractivity contribution is 0.0321. The van der Waals surface area contributed by atoms with E-state index in [4.69, 9.17) is 15.1 Å². The third-order valence-electron chi connectivity index (χ3n) is 2.94. The normalized spacial score (nSPS) is 21.7. The predicted molar refractivity (Wildman–Crippen MR) is 64.4 cm³/mol. The van der Waals surface area contributed by atoms with Crippen molar-refractivity contribution in [3.05, 3.63) is 35.9 Å². The highest BCUT2D eigenvalue weighted by atomic mass is 16.5. The zero-order valence-electron chi connectivity index (χ0n) is 10.0. The second-order valence-corrected chi connectivity index (χ2v) is 4.21. The van der Waals surface area contributed by atoms with Crippen LogP contribution in [0.4, 0.5) is 4.79 Å². The number of hydrogen-bond donors (Lipinski definition) is 1. The van der Waals surface area contributed by atoms with Crippen LogP contribution >= 0.6 is 0 Å². The zero-order valence-corrected chi connectivity index (χ0v) is 10.0. The van der Waals surface area contributed by atoms with Gasteiger partial charge in [-0.25, -0.2) is 9.59 Å². The van der Waals surface area contributed by atoms with E-state index in [9.17, 15) is 9.59 Å². The molecule has 0 aliphatic carbocycles. The molecule has 1 aliphatic heterocycles. The molecule has 1 heterocycles. The first-order chi connectivity index (χ1) is 9.11. The lowest BCUT2D eigenvalue weighted by Gasteiger charge is -2.14. The van der Waals surface area contributed by atoms with Crippen molar-refractivity contribution < 1.29 is 19.4 Å². The molecule has 1 N–H and O–H groups in total. The Balaban J connectivity index is 2.00. The van der Waals surface area contributed by atoms with Gasteiger partial charge >= 0.3 is 12.1 Å². The smallest absolute Gasteiger partial charge is 0.408 e. The van der Waals surface area contributed by atoms with Crippen LogP contribution in [0.1, 0.15) is 16.8 Å². The van der Waals surface area contributed by atoms with Gasteiger partial charge in [-0.05, 0) is 12.1 Å². The summed E-state index contributed by atoms with van der Waals surface area (Å²) in [5, 5.41) is 17.8. The van der Waals surface area contributed by atoms with E-state index in [1.807, 2.05) is 6.07 Å². The van der Waals surface area contributed by atoms with E-state index < -0.39 is 24.2 Å². The number of carbonyl (C=O) groups is 2. The first-order valence-corrected chi connectivity index (χ1v) is 5.77. The van der Waals surface area contributed by atoms with Crippen molar-refractivity contribution in [3.63, 3.8) is 0 Å². The van der Waals surface area contributed by atoms with Crippen LogP contribution in [-0.4, -0.2) is 40.8 Å². The highest BCUT2D eigenvalue weighted by molar-refractivity contribution is 5.89. The van der Waals surface area contributed by atoms with Gasteiger partial charge in [0.1, 0.15) is 12.1 Å². The van der Waals surface area contributed by atoms with E-state index in [1.165, 1.54) is 0 Å². The van der Waals surface area contributed by atoms with Crippen LogP contribution < -0.4 is 0 Å². The topological polar surface area (TPSA) is 90.6 Å². The molecule has 1 amide bonds. The Morgan fingerprint density at radius 3 is 2.58 bits per heavy atom. The van der Waals surface area contributed by atoms with E-state index >= 15 is 0 Å². The highest BCUT2D eigenvalue weighted by Crippen LogP contribution is 2.21. The van der Waals surface area contributed by atoms with Gasteiger partial charge in [0, 0.05) is 6.42 Å². The van der Waals surface area contributed by atoms with Crippen LogP contribution in [0, 0.1) is 11.3 Å². The number of carboxylic acid groups (broad SMARTS) is 1. The van der Waals surface area contributed by atoms with Crippen molar-refractivity contribution in [2.75, 3.05) is 6.54 Å². The maximum Gasteiger partial charge on any atom is 0.408 e. The van der Waals surface area contributed by atoms with Crippen molar-refractivity contribution in [2.45, 2.75) is 18.6 Å². The van der Waals surface area contributed by atoms with Gasteiger partial charge in [0.05, 0.1) is 18.2 Å². The van der Waals surface area contributed by atoms with Gasteiger partial charge < -0.3 is 9.84 Å². The Labute approximate surface area is 109 Å². The molecule has 98 valence electrons. The van der Waals surface area contributed by atoms with Gasteiger partial charge in [-0.15, -0.1) is 0 Å². The number of ether oxygens (including phenoxy) is 1. The van der Waals surface area contributed by atoms with Crippen LogP contribution in [0.25, 0.3) is 0 Å². The molecule has 6 nitrogen and oxygen atoms in total. The van der Waals surface area contributed by atoms with E-state index in [1.54, 1.807) is 30.3 Å². The van der Waals surface area contributed by atoms with Crippen LogP contribution in [-0.2, 0) is 4.74 Å². The fourth-order valence-corrected chi connectivity index (χ4v) is 2.01. The Hall–Kier alpha value is -2.55. The lowest BCUT2D eigenvalue weighted by Crippen LogP contribution is -2.34. The largest absolute Gasteiger partial charge is 0.465 e. The van der Waals surface area contributed by atoms with Crippen LogP contribution in [0.15, 0.2) is 30.3 Å². The minimum atomic E-state index is -1.18. The average molecular weight is 260 g/mol. The molecular weight excluding hydrogens is 248 g/mol. The van der Waals surface area contributed by atoms with Crippen molar-refractivity contribution >= 4 is 12.1 Å². The van der Waals surface area contributed by atoms with E-state index in [-0.39, 0.29) is 13.0 Å². The number of esters is 1. The van der Waals surface area contributed by atoms with Crippen molar-refractivity contribution in [1.82, 2.24) is 4.90 Å². The van der Waals surface area contributed by atoms with Gasteiger partial charge in [-0.1, -0.05) is 18.2 Å². The third-order valence-corrected chi connectivity index (χ3v) is 2.94. The monoisotopic (exact) mass is 260 g/mol. The molecule has 0 unspecified atom stereocenters. The summed E-state index contributed by atoms with van der Waals surface area (Å²) in [6, 6.07) is 9.58. The first kappa shape index (κ1) is 12.9. The van der Waals surface area contributed by atoms with Crippen LogP contribution in [0.5, 0.6) is 0 Å². The summed E-state index contributed by atoms with van der Waals surface area (Å²) in [6.07, 6.45) is -1.54. The molecule has 0 saturated carbocycles. The highest BCUT2D eigenvalue weighted by Gasteiger charge is 2.37. The third kappa shape index (κ3) is 2.83. The molecule has 0 bridgehead atoms. The Kier molecular flexibility index (Phi) is 3.66. The number of carbonyl (C=O) groups excluding carboxylic acids is 1. The number of amides is 1. The van der Waals surface area contributed by atoms with Gasteiger partial charge in [-0.2, -0.15) is 5.26 Å². The summed E-state index contributed by atoms with van der Waals surface area (Å²) in [7, 11) is 0. The number of likely N-dealkylation sites (tertiary alicyclic amines) is 1. The zero-order chi connectivity index (χ0) is 13.8. The number of nitriles is 1. The Bertz CT molecular complexity index is 523. The second-order valence-electron chi connectivity index (χ2n) is 4.21. The van der Waals surface area contributed by atoms with E-state index in [0.29, 0.717) is 5.56 Å². The quantitative estimate of drug-likeness (QED) is 0.813. The lowest BCUT2D eigenvalue weighted by atomic mass is 10.2. The first-order valence-electron chi connectivity index (χ1n) is 5.77. The van der Waals surface area contributed by atoms with Gasteiger partial charge in [0.15, 0.2) is 0 Å². The summed E-state index contributed by atoms with van der Waals surface area (Å²) in [5.41, 5.74) is 0.407. The van der Waals surface area contributed by atoms with Gasteiger partial charge in [0.25, 0.3) is 0 Å². The number of nitrogens with zero attached hydrogens (tertiary/aromatic N) is 2. The Morgan fingerprint density at radius 1 is 1.37 bits per heavy atom. The molecule has 1 saturated heterocycles. The summed E-state index contributed by atoms with van der Waals surface area (Å²) >= 11 is 0. The molecule has 2 rings (SSSR count). The van der Waals surface area contributed by atoms with E-state index in [2.05, 4.69) is 0 Å².